The molecular formula is C16H25N5O. The van der Waals surface area contributed by atoms with Crippen molar-refractivity contribution in [1.29, 1.82) is 5.26 Å². The van der Waals surface area contributed by atoms with E-state index in [4.69, 9.17) is 5.73 Å². The predicted molar refractivity (Wildman–Crippen MR) is 87.7 cm³/mol. The Morgan fingerprint density at radius 1 is 1.23 bits per heavy atom. The van der Waals surface area contributed by atoms with Crippen LogP contribution >= 0.6 is 0 Å². The van der Waals surface area contributed by atoms with Gasteiger partial charge in [-0.2, -0.15) is 5.26 Å². The fourth-order valence-electron chi connectivity index (χ4n) is 2.35. The second-order valence-corrected chi connectivity index (χ2v) is 5.11. The normalized spacial score (nSPS) is 16.0. The van der Waals surface area contributed by atoms with Gasteiger partial charge in [0.1, 0.15) is 11.6 Å². The number of nitrogens with zero attached hydrogens (tertiary/aromatic N) is 4. The van der Waals surface area contributed by atoms with Crippen LogP contribution in [0.2, 0.25) is 0 Å². The van der Waals surface area contributed by atoms with E-state index < -0.39 is 0 Å². The van der Waals surface area contributed by atoms with Gasteiger partial charge in [-0.3, -0.25) is 9.69 Å². The van der Waals surface area contributed by atoms with Crippen LogP contribution in [-0.4, -0.2) is 73.0 Å². The van der Waals surface area contributed by atoms with Gasteiger partial charge in [0.05, 0.1) is 0 Å². The highest BCUT2D eigenvalue weighted by atomic mass is 16.2. The fraction of sp³-hybridized carbons (Fsp3) is 0.500. The Morgan fingerprint density at radius 3 is 2.27 bits per heavy atom. The van der Waals surface area contributed by atoms with Crippen molar-refractivity contribution in [1.82, 2.24) is 14.7 Å². The van der Waals surface area contributed by atoms with Gasteiger partial charge in [0.25, 0.3) is 5.91 Å². The summed E-state index contributed by atoms with van der Waals surface area (Å²) in [4.78, 5) is 18.2. The second-order valence-electron chi connectivity index (χ2n) is 5.11. The lowest BCUT2D eigenvalue weighted by Crippen LogP contribution is -2.50. The van der Waals surface area contributed by atoms with Crippen LogP contribution in [0.25, 0.3) is 0 Å². The summed E-state index contributed by atoms with van der Waals surface area (Å²) in [6.07, 6.45) is 5.05. The minimum absolute atomic E-state index is 0.149. The molecule has 1 saturated heterocycles. The van der Waals surface area contributed by atoms with Crippen LogP contribution in [0.4, 0.5) is 0 Å². The Morgan fingerprint density at radius 2 is 1.82 bits per heavy atom. The molecule has 1 fully saturated rings. The van der Waals surface area contributed by atoms with E-state index >= 15 is 0 Å². The van der Waals surface area contributed by atoms with Crippen molar-refractivity contribution in [3.05, 3.63) is 37.1 Å². The maximum Gasteiger partial charge on any atom is 0.266 e. The molecule has 0 atom stereocenters. The van der Waals surface area contributed by atoms with Gasteiger partial charge in [-0.25, -0.2) is 0 Å². The van der Waals surface area contributed by atoms with Gasteiger partial charge in [0.15, 0.2) is 0 Å². The van der Waals surface area contributed by atoms with Crippen molar-refractivity contribution in [2.24, 2.45) is 5.73 Å². The van der Waals surface area contributed by atoms with E-state index in [2.05, 4.69) is 18.1 Å². The summed E-state index contributed by atoms with van der Waals surface area (Å²) in [6.45, 7) is 12.8. The highest BCUT2D eigenvalue weighted by molar-refractivity contribution is 5.97. The molecule has 0 aromatic heterocycles. The summed E-state index contributed by atoms with van der Waals surface area (Å²) < 4.78 is 0. The van der Waals surface area contributed by atoms with Crippen LogP contribution in [-0.2, 0) is 4.79 Å². The molecule has 6 nitrogen and oxygen atoms in total. The fourth-order valence-corrected chi connectivity index (χ4v) is 2.35. The van der Waals surface area contributed by atoms with E-state index in [1.165, 1.54) is 0 Å². The number of carbonyl (C=O) groups excluding carboxylic acids is 1. The van der Waals surface area contributed by atoms with Crippen LogP contribution in [0.5, 0.6) is 0 Å². The van der Waals surface area contributed by atoms with Crippen LogP contribution in [0.3, 0.4) is 0 Å². The number of hydrogen-bond acceptors (Lipinski definition) is 5. The molecule has 0 spiro atoms. The van der Waals surface area contributed by atoms with Gasteiger partial charge in [-0.05, 0) is 0 Å². The summed E-state index contributed by atoms with van der Waals surface area (Å²) in [7, 11) is 0. The Bertz CT molecular complexity index is 448. The number of hydrogen-bond donors (Lipinski definition) is 1. The van der Waals surface area contributed by atoms with Crippen LogP contribution in [0.15, 0.2) is 37.1 Å². The predicted octanol–water partition coefficient (Wildman–Crippen LogP) is 0.171. The van der Waals surface area contributed by atoms with Gasteiger partial charge in [0.2, 0.25) is 0 Å². The number of rotatable bonds is 8. The second kappa shape index (κ2) is 9.77. The highest BCUT2D eigenvalue weighted by Crippen LogP contribution is 2.08. The van der Waals surface area contributed by atoms with E-state index in [9.17, 15) is 10.1 Å². The molecule has 0 aromatic carbocycles. The zero-order valence-electron chi connectivity index (χ0n) is 13.1. The first-order valence-electron chi connectivity index (χ1n) is 7.45. The minimum Gasteiger partial charge on any atom is -0.369 e. The third-order valence-corrected chi connectivity index (χ3v) is 3.49. The molecule has 6 heteroatoms. The average Bonchev–Trinajstić information content (AvgIpc) is 2.53. The van der Waals surface area contributed by atoms with Crippen molar-refractivity contribution in [3.8, 4) is 6.07 Å². The molecule has 1 heterocycles. The lowest BCUT2D eigenvalue weighted by atomic mass is 10.2. The Balaban J connectivity index is 2.70. The molecule has 22 heavy (non-hydrogen) atoms. The molecule has 1 rings (SSSR count). The van der Waals surface area contributed by atoms with E-state index in [0.29, 0.717) is 32.7 Å². The van der Waals surface area contributed by atoms with Gasteiger partial charge in [0, 0.05) is 58.6 Å². The van der Waals surface area contributed by atoms with Gasteiger partial charge >= 0.3 is 0 Å². The molecule has 120 valence electrons. The smallest absolute Gasteiger partial charge is 0.266 e. The summed E-state index contributed by atoms with van der Waals surface area (Å²) >= 11 is 0. The number of nitriles is 1. The third-order valence-electron chi connectivity index (χ3n) is 3.49. The van der Waals surface area contributed by atoms with Crippen molar-refractivity contribution < 1.29 is 4.79 Å². The Hall–Kier alpha value is -2.10. The van der Waals surface area contributed by atoms with Crippen molar-refractivity contribution in [2.75, 3.05) is 52.4 Å². The van der Waals surface area contributed by atoms with E-state index in [1.54, 1.807) is 23.3 Å². The molecule has 0 radical (unpaired) electrons. The first-order valence-corrected chi connectivity index (χ1v) is 7.45. The van der Waals surface area contributed by atoms with Crippen LogP contribution in [0.1, 0.15) is 0 Å². The van der Waals surface area contributed by atoms with Gasteiger partial charge < -0.3 is 15.5 Å². The van der Waals surface area contributed by atoms with E-state index in [0.717, 1.165) is 19.6 Å². The zero-order valence-corrected chi connectivity index (χ0v) is 13.1. The highest BCUT2D eigenvalue weighted by Gasteiger charge is 2.23. The van der Waals surface area contributed by atoms with Crippen molar-refractivity contribution >= 4 is 5.91 Å². The lowest BCUT2D eigenvalue weighted by molar-refractivity contribution is -0.128. The van der Waals surface area contributed by atoms with Gasteiger partial charge in [-0.15, -0.1) is 13.2 Å². The number of piperazine rings is 1. The Kier molecular flexibility index (Phi) is 7.97. The quantitative estimate of drug-likeness (QED) is 0.393. The first kappa shape index (κ1) is 18.0. The van der Waals surface area contributed by atoms with E-state index in [-0.39, 0.29) is 11.5 Å². The summed E-state index contributed by atoms with van der Waals surface area (Å²) in [5.74, 6) is -0.215. The molecule has 0 saturated carbocycles. The number of amides is 1. The third kappa shape index (κ3) is 5.35. The molecule has 1 aliphatic heterocycles. The lowest BCUT2D eigenvalue weighted by Gasteiger charge is -2.34. The van der Waals surface area contributed by atoms with Crippen LogP contribution in [0, 0.1) is 11.3 Å². The minimum atomic E-state index is -0.215. The molecular weight excluding hydrogens is 278 g/mol. The van der Waals surface area contributed by atoms with Gasteiger partial charge in [-0.1, -0.05) is 12.2 Å². The van der Waals surface area contributed by atoms with Crippen LogP contribution < -0.4 is 5.73 Å². The summed E-state index contributed by atoms with van der Waals surface area (Å²) in [5.41, 5.74) is 5.69. The number of nitrogens with two attached hydrogens (primary N) is 1. The van der Waals surface area contributed by atoms with Crippen molar-refractivity contribution in [2.45, 2.75) is 0 Å². The largest absolute Gasteiger partial charge is 0.369 e. The first-order chi connectivity index (χ1) is 10.7. The maximum absolute atomic E-state index is 12.5. The van der Waals surface area contributed by atoms with Crippen molar-refractivity contribution in [3.63, 3.8) is 0 Å². The Labute approximate surface area is 132 Å². The molecule has 2 N–H and O–H groups in total. The van der Waals surface area contributed by atoms with E-state index in [1.807, 2.05) is 11.0 Å². The SMILES string of the molecule is C=CCN(/C=C(/C#N)C(=O)N1CCN(CCN)CC1)CC=C. The molecule has 0 unspecified atom stereocenters. The summed E-state index contributed by atoms with van der Waals surface area (Å²) in [6, 6.07) is 2.01. The molecule has 1 aliphatic rings. The summed E-state index contributed by atoms with van der Waals surface area (Å²) in [5, 5.41) is 9.28. The molecule has 1 amide bonds. The standard InChI is InChI=1S/C16H25N5O/c1-3-6-20(7-4-2)14-15(13-18)16(22)21-11-9-19(8-5-17)10-12-21/h3-4,14H,1-2,5-12,17H2/b15-14-. The molecule has 0 aliphatic carbocycles. The molecule has 0 bridgehead atoms. The average molecular weight is 303 g/mol. The monoisotopic (exact) mass is 303 g/mol. The maximum atomic E-state index is 12.5. The topological polar surface area (TPSA) is 76.6 Å². The zero-order chi connectivity index (χ0) is 16.4. The molecule has 0 aromatic rings. The number of carbonyl (C=O) groups is 1.